The van der Waals surface area contributed by atoms with E-state index in [1.807, 2.05) is 24.3 Å². The third kappa shape index (κ3) is 1.49. The predicted molar refractivity (Wildman–Crippen MR) is 51.2 cm³/mol. The molecule has 1 aromatic carbocycles. The van der Waals surface area contributed by atoms with Crippen molar-refractivity contribution in [3.05, 3.63) is 35.4 Å². The van der Waals surface area contributed by atoms with E-state index in [-0.39, 0.29) is 0 Å². The molecule has 3 N–H and O–H groups in total. The Bertz CT molecular complexity index is 352. The van der Waals surface area contributed by atoms with Crippen LogP contribution in [-0.2, 0) is 16.1 Å². The maximum atomic E-state index is 11.3. The fourth-order valence-corrected chi connectivity index (χ4v) is 1.78. The predicted octanol–water partition coefficient (Wildman–Crippen LogP) is 0.290. The van der Waals surface area contributed by atoms with Crippen molar-refractivity contribution in [2.24, 2.45) is 5.90 Å². The SMILES string of the molecule is NOC(=O)C1NCCc2ccccc21. The molecule has 0 saturated carbocycles. The van der Waals surface area contributed by atoms with Crippen LogP contribution in [0.3, 0.4) is 0 Å². The van der Waals surface area contributed by atoms with Crippen molar-refractivity contribution >= 4 is 5.97 Å². The number of carbonyl (C=O) groups excluding carboxylic acids is 1. The highest BCUT2D eigenvalue weighted by Crippen LogP contribution is 2.22. The maximum Gasteiger partial charge on any atom is 0.346 e. The normalized spacial score (nSPS) is 19.9. The quantitative estimate of drug-likeness (QED) is 0.628. The zero-order valence-corrected chi connectivity index (χ0v) is 7.69. The van der Waals surface area contributed by atoms with Gasteiger partial charge in [-0.2, -0.15) is 5.90 Å². The van der Waals surface area contributed by atoms with Gasteiger partial charge in [0.15, 0.2) is 0 Å². The molecule has 14 heavy (non-hydrogen) atoms. The van der Waals surface area contributed by atoms with Crippen molar-refractivity contribution in [1.29, 1.82) is 0 Å². The Labute approximate surface area is 82.0 Å². The van der Waals surface area contributed by atoms with E-state index in [0.717, 1.165) is 18.5 Å². The molecule has 74 valence electrons. The molecule has 1 unspecified atom stereocenters. The number of hydrogen-bond donors (Lipinski definition) is 2. The van der Waals surface area contributed by atoms with Crippen molar-refractivity contribution in [3.8, 4) is 0 Å². The lowest BCUT2D eigenvalue weighted by Gasteiger charge is -2.24. The van der Waals surface area contributed by atoms with Gasteiger partial charge >= 0.3 is 5.97 Å². The number of nitrogens with two attached hydrogens (primary N) is 1. The smallest absolute Gasteiger partial charge is 0.346 e. The van der Waals surface area contributed by atoms with Gasteiger partial charge in [-0.15, -0.1) is 0 Å². The fourth-order valence-electron chi connectivity index (χ4n) is 1.78. The highest BCUT2D eigenvalue weighted by Gasteiger charge is 2.26. The van der Waals surface area contributed by atoms with E-state index >= 15 is 0 Å². The first kappa shape index (κ1) is 9.18. The van der Waals surface area contributed by atoms with E-state index < -0.39 is 12.0 Å². The maximum absolute atomic E-state index is 11.3. The molecule has 0 radical (unpaired) electrons. The summed E-state index contributed by atoms with van der Waals surface area (Å²) in [5, 5.41) is 3.07. The minimum absolute atomic E-state index is 0.412. The van der Waals surface area contributed by atoms with Crippen LogP contribution in [0.15, 0.2) is 24.3 Å². The van der Waals surface area contributed by atoms with E-state index in [0.29, 0.717) is 0 Å². The van der Waals surface area contributed by atoms with Gasteiger partial charge in [-0.25, -0.2) is 4.79 Å². The lowest BCUT2D eigenvalue weighted by atomic mass is 9.94. The summed E-state index contributed by atoms with van der Waals surface area (Å²) in [4.78, 5) is 15.6. The van der Waals surface area contributed by atoms with Gasteiger partial charge in [0.05, 0.1) is 0 Å². The fraction of sp³-hybridized carbons (Fsp3) is 0.300. The van der Waals surface area contributed by atoms with Crippen LogP contribution >= 0.6 is 0 Å². The van der Waals surface area contributed by atoms with E-state index in [1.165, 1.54) is 5.56 Å². The molecule has 1 atom stereocenters. The van der Waals surface area contributed by atoms with E-state index in [2.05, 4.69) is 10.2 Å². The van der Waals surface area contributed by atoms with Crippen molar-refractivity contribution in [2.75, 3.05) is 6.54 Å². The molecular weight excluding hydrogens is 180 g/mol. The Balaban J connectivity index is 2.35. The van der Waals surface area contributed by atoms with Crippen LogP contribution in [0.4, 0.5) is 0 Å². The number of nitrogens with one attached hydrogen (secondary N) is 1. The molecule has 2 rings (SSSR count). The van der Waals surface area contributed by atoms with Gasteiger partial charge in [-0.1, -0.05) is 24.3 Å². The summed E-state index contributed by atoms with van der Waals surface area (Å²) >= 11 is 0. The molecule has 0 spiro atoms. The largest absolute Gasteiger partial charge is 0.372 e. The molecular formula is C10H12N2O2. The van der Waals surface area contributed by atoms with Gasteiger partial charge in [-0.3, -0.25) is 0 Å². The van der Waals surface area contributed by atoms with Crippen molar-refractivity contribution in [3.63, 3.8) is 0 Å². The first-order chi connectivity index (χ1) is 6.83. The summed E-state index contributed by atoms with van der Waals surface area (Å²) in [6, 6.07) is 7.40. The number of fused-ring (bicyclic) bond motifs is 1. The highest BCUT2D eigenvalue weighted by molar-refractivity contribution is 5.78. The van der Waals surface area contributed by atoms with Crippen LogP contribution in [0.25, 0.3) is 0 Å². The molecule has 0 amide bonds. The van der Waals surface area contributed by atoms with Crippen LogP contribution < -0.4 is 11.2 Å². The zero-order chi connectivity index (χ0) is 9.97. The Morgan fingerprint density at radius 3 is 3.07 bits per heavy atom. The molecule has 1 aromatic rings. The van der Waals surface area contributed by atoms with Gasteiger partial charge in [-0.05, 0) is 17.5 Å². The summed E-state index contributed by atoms with van der Waals surface area (Å²) in [6.07, 6.45) is 0.935. The monoisotopic (exact) mass is 192 g/mol. The van der Waals surface area contributed by atoms with E-state index in [9.17, 15) is 4.79 Å². The number of carbonyl (C=O) groups is 1. The second-order valence-electron chi connectivity index (χ2n) is 3.27. The molecule has 4 nitrogen and oxygen atoms in total. The summed E-state index contributed by atoms with van der Waals surface area (Å²) in [5.41, 5.74) is 2.15. The average molecular weight is 192 g/mol. The van der Waals surface area contributed by atoms with Gasteiger partial charge < -0.3 is 10.2 Å². The molecule has 1 aliphatic heterocycles. The molecule has 4 heteroatoms. The first-order valence-corrected chi connectivity index (χ1v) is 4.54. The van der Waals surface area contributed by atoms with Crippen LogP contribution in [0, 0.1) is 0 Å². The van der Waals surface area contributed by atoms with Crippen LogP contribution in [-0.4, -0.2) is 12.5 Å². The number of hydrogen-bond acceptors (Lipinski definition) is 4. The number of benzene rings is 1. The summed E-state index contributed by atoms with van der Waals surface area (Å²) < 4.78 is 0. The summed E-state index contributed by atoms with van der Waals surface area (Å²) in [6.45, 7) is 0.775. The van der Waals surface area contributed by atoms with Crippen molar-refractivity contribution in [2.45, 2.75) is 12.5 Å². The second-order valence-corrected chi connectivity index (χ2v) is 3.27. The summed E-state index contributed by atoms with van der Waals surface area (Å²) in [7, 11) is 0. The lowest BCUT2D eigenvalue weighted by Crippen LogP contribution is -2.37. The lowest BCUT2D eigenvalue weighted by molar-refractivity contribution is -0.147. The molecule has 0 aromatic heterocycles. The minimum atomic E-state index is -0.433. The van der Waals surface area contributed by atoms with Gasteiger partial charge in [0.2, 0.25) is 0 Å². The molecule has 1 heterocycles. The van der Waals surface area contributed by atoms with E-state index in [4.69, 9.17) is 5.90 Å². The highest BCUT2D eigenvalue weighted by atomic mass is 16.7. The third-order valence-electron chi connectivity index (χ3n) is 2.46. The topological polar surface area (TPSA) is 64.3 Å². The van der Waals surface area contributed by atoms with Crippen LogP contribution in [0.1, 0.15) is 17.2 Å². The summed E-state index contributed by atoms with van der Waals surface area (Å²) in [5.74, 6) is 4.44. The Hall–Kier alpha value is -1.39. The van der Waals surface area contributed by atoms with Gasteiger partial charge in [0, 0.05) is 6.54 Å². The number of rotatable bonds is 1. The first-order valence-electron chi connectivity index (χ1n) is 4.54. The standard InChI is InChI=1S/C10H12N2O2/c11-14-10(13)9-8-4-2-1-3-7(8)5-6-12-9/h1-4,9,12H,5-6,11H2. The second kappa shape index (κ2) is 3.77. The van der Waals surface area contributed by atoms with Crippen LogP contribution in [0.2, 0.25) is 0 Å². The van der Waals surface area contributed by atoms with Gasteiger partial charge in [0.1, 0.15) is 6.04 Å². The van der Waals surface area contributed by atoms with Gasteiger partial charge in [0.25, 0.3) is 0 Å². The molecule has 0 fully saturated rings. The van der Waals surface area contributed by atoms with Crippen molar-refractivity contribution < 1.29 is 9.63 Å². The molecule has 0 bridgehead atoms. The Kier molecular flexibility index (Phi) is 2.47. The Morgan fingerprint density at radius 2 is 2.29 bits per heavy atom. The Morgan fingerprint density at radius 1 is 1.50 bits per heavy atom. The minimum Gasteiger partial charge on any atom is -0.372 e. The average Bonchev–Trinajstić information content (AvgIpc) is 2.27. The molecule has 0 saturated heterocycles. The van der Waals surface area contributed by atoms with E-state index in [1.54, 1.807) is 0 Å². The van der Waals surface area contributed by atoms with Crippen molar-refractivity contribution in [1.82, 2.24) is 5.32 Å². The molecule has 0 aliphatic carbocycles. The zero-order valence-electron chi connectivity index (χ0n) is 7.69. The third-order valence-corrected chi connectivity index (χ3v) is 2.46. The van der Waals surface area contributed by atoms with Crippen LogP contribution in [0.5, 0.6) is 0 Å². The molecule has 1 aliphatic rings.